The zero-order valence-corrected chi connectivity index (χ0v) is 20.8. The molecule has 0 atom stereocenters. The number of aromatic nitrogens is 2. The largest absolute Gasteiger partial charge is 0.444 e. The van der Waals surface area contributed by atoms with E-state index in [-0.39, 0.29) is 23.6 Å². The van der Waals surface area contributed by atoms with Crippen molar-refractivity contribution in [3.63, 3.8) is 0 Å². The maximum atomic E-state index is 14.7. The van der Waals surface area contributed by atoms with Gasteiger partial charge in [-0.05, 0) is 52.8 Å². The zero-order valence-electron chi connectivity index (χ0n) is 20.8. The second-order valence-corrected chi connectivity index (χ2v) is 10.3. The Labute approximate surface area is 204 Å². The van der Waals surface area contributed by atoms with Crippen molar-refractivity contribution in [3.05, 3.63) is 47.3 Å². The fourth-order valence-corrected chi connectivity index (χ4v) is 4.60. The SMILES string of the molecule is CN1CCN(C(=O)c2cnn(-c3ccc(F)cc3F)c2C2CCN(C(=O)OC(C)(C)C)CC2)CC1. The molecule has 0 bridgehead atoms. The molecule has 2 aliphatic rings. The molecule has 35 heavy (non-hydrogen) atoms. The van der Waals surface area contributed by atoms with Gasteiger partial charge in [-0.1, -0.05) is 0 Å². The molecule has 0 saturated carbocycles. The number of rotatable bonds is 3. The van der Waals surface area contributed by atoms with Crippen molar-refractivity contribution in [1.82, 2.24) is 24.5 Å². The number of likely N-dealkylation sites (N-methyl/N-ethyl adjacent to an activating group) is 1. The summed E-state index contributed by atoms with van der Waals surface area (Å²) < 4.78 is 35.2. The Bertz CT molecular complexity index is 1080. The van der Waals surface area contributed by atoms with Crippen LogP contribution < -0.4 is 0 Å². The van der Waals surface area contributed by atoms with Gasteiger partial charge in [-0.2, -0.15) is 5.10 Å². The van der Waals surface area contributed by atoms with E-state index >= 15 is 0 Å². The number of benzene rings is 1. The molecule has 0 radical (unpaired) electrons. The quantitative estimate of drug-likeness (QED) is 0.658. The molecule has 1 aromatic heterocycles. The lowest BCUT2D eigenvalue weighted by molar-refractivity contribution is 0.0202. The van der Waals surface area contributed by atoms with Crippen LogP contribution in [0, 0.1) is 11.6 Å². The number of halogens is 2. The summed E-state index contributed by atoms with van der Waals surface area (Å²) in [5.41, 5.74) is 0.528. The third kappa shape index (κ3) is 5.63. The minimum atomic E-state index is -0.751. The van der Waals surface area contributed by atoms with Crippen molar-refractivity contribution in [2.24, 2.45) is 0 Å². The van der Waals surface area contributed by atoms with E-state index in [1.54, 1.807) is 9.80 Å². The Hall–Kier alpha value is -3.01. The number of carbonyl (C=O) groups excluding carboxylic acids is 2. The van der Waals surface area contributed by atoms with Gasteiger partial charge in [0.05, 0.1) is 17.5 Å². The lowest BCUT2D eigenvalue weighted by Gasteiger charge is -2.35. The summed E-state index contributed by atoms with van der Waals surface area (Å²) in [6, 6.07) is 3.33. The lowest BCUT2D eigenvalue weighted by Crippen LogP contribution is -2.47. The third-order valence-corrected chi connectivity index (χ3v) is 6.50. The molecule has 4 rings (SSSR count). The molecule has 2 aliphatic heterocycles. The summed E-state index contributed by atoms with van der Waals surface area (Å²) >= 11 is 0. The summed E-state index contributed by atoms with van der Waals surface area (Å²) in [5, 5.41) is 4.38. The van der Waals surface area contributed by atoms with Crippen LogP contribution in [0.2, 0.25) is 0 Å². The summed E-state index contributed by atoms with van der Waals surface area (Å²) in [5.74, 6) is -1.71. The van der Waals surface area contributed by atoms with E-state index < -0.39 is 17.2 Å². The van der Waals surface area contributed by atoms with Crippen LogP contribution in [-0.2, 0) is 4.74 Å². The molecule has 8 nitrogen and oxygen atoms in total. The number of piperazine rings is 1. The Morgan fingerprint density at radius 1 is 1.00 bits per heavy atom. The Morgan fingerprint density at radius 2 is 1.66 bits per heavy atom. The fourth-order valence-electron chi connectivity index (χ4n) is 4.60. The van der Waals surface area contributed by atoms with Gasteiger partial charge in [-0.3, -0.25) is 4.79 Å². The van der Waals surface area contributed by atoms with E-state index in [1.165, 1.54) is 23.0 Å². The molecule has 3 heterocycles. The van der Waals surface area contributed by atoms with Gasteiger partial charge in [0.2, 0.25) is 0 Å². The van der Waals surface area contributed by atoms with Crippen molar-refractivity contribution in [1.29, 1.82) is 0 Å². The van der Waals surface area contributed by atoms with Gasteiger partial charge in [-0.25, -0.2) is 18.3 Å². The average Bonchev–Trinajstić information content (AvgIpc) is 3.23. The van der Waals surface area contributed by atoms with E-state index in [0.717, 1.165) is 19.2 Å². The maximum Gasteiger partial charge on any atom is 0.410 e. The van der Waals surface area contributed by atoms with Crippen LogP contribution in [0.15, 0.2) is 24.4 Å². The molecule has 2 fully saturated rings. The van der Waals surface area contributed by atoms with Crippen molar-refractivity contribution in [3.8, 4) is 5.69 Å². The lowest BCUT2D eigenvalue weighted by atomic mass is 9.90. The van der Waals surface area contributed by atoms with E-state index in [1.807, 2.05) is 27.8 Å². The summed E-state index contributed by atoms with van der Waals surface area (Å²) in [6.07, 6.45) is 2.25. The monoisotopic (exact) mass is 489 g/mol. The molecule has 190 valence electrons. The highest BCUT2D eigenvalue weighted by atomic mass is 19.1. The molecule has 0 aliphatic carbocycles. The first-order chi connectivity index (χ1) is 16.5. The molecule has 0 spiro atoms. The van der Waals surface area contributed by atoms with Crippen LogP contribution in [0.4, 0.5) is 13.6 Å². The van der Waals surface area contributed by atoms with Gasteiger partial charge < -0.3 is 19.4 Å². The number of likely N-dealkylation sites (tertiary alicyclic amines) is 1. The molecule has 0 unspecified atom stereocenters. The second-order valence-electron chi connectivity index (χ2n) is 10.3. The van der Waals surface area contributed by atoms with E-state index in [9.17, 15) is 18.4 Å². The van der Waals surface area contributed by atoms with Crippen LogP contribution >= 0.6 is 0 Å². The summed E-state index contributed by atoms with van der Waals surface area (Å²) in [6.45, 7) is 9.10. The van der Waals surface area contributed by atoms with Gasteiger partial charge in [-0.15, -0.1) is 0 Å². The van der Waals surface area contributed by atoms with E-state index in [4.69, 9.17) is 4.74 Å². The van der Waals surface area contributed by atoms with Crippen LogP contribution in [0.1, 0.15) is 55.6 Å². The summed E-state index contributed by atoms with van der Waals surface area (Å²) in [4.78, 5) is 31.6. The predicted octanol–water partition coefficient (Wildman–Crippen LogP) is 3.65. The molecule has 2 amide bonds. The Balaban J connectivity index is 1.63. The van der Waals surface area contributed by atoms with E-state index in [2.05, 4.69) is 10.00 Å². The standard InChI is InChI=1S/C25H33F2N5O3/c1-25(2,3)35-24(34)31-9-7-17(8-10-31)22-19(23(33)30-13-11-29(4)12-14-30)16-28-32(22)21-6-5-18(26)15-20(21)27/h5-6,15-17H,7-14H2,1-4H3. The van der Waals surface area contributed by atoms with Crippen molar-refractivity contribution >= 4 is 12.0 Å². The van der Waals surface area contributed by atoms with Crippen LogP contribution in [0.5, 0.6) is 0 Å². The normalized spacial score (nSPS) is 18.1. The number of carbonyl (C=O) groups is 2. The van der Waals surface area contributed by atoms with Crippen LogP contribution in [0.25, 0.3) is 5.69 Å². The average molecular weight is 490 g/mol. The van der Waals surface area contributed by atoms with E-state index in [0.29, 0.717) is 50.3 Å². The van der Waals surface area contributed by atoms with Crippen molar-refractivity contribution in [2.45, 2.75) is 45.1 Å². The van der Waals surface area contributed by atoms with Crippen molar-refractivity contribution in [2.75, 3.05) is 46.3 Å². The number of nitrogens with zero attached hydrogens (tertiary/aromatic N) is 5. The van der Waals surface area contributed by atoms with Gasteiger partial charge in [0.1, 0.15) is 17.1 Å². The highest BCUT2D eigenvalue weighted by molar-refractivity contribution is 5.95. The molecular formula is C25H33F2N5O3. The van der Waals surface area contributed by atoms with Crippen molar-refractivity contribution < 1.29 is 23.1 Å². The number of ether oxygens (including phenoxy) is 1. The minimum Gasteiger partial charge on any atom is -0.444 e. The highest BCUT2D eigenvalue weighted by Gasteiger charge is 2.34. The third-order valence-electron chi connectivity index (χ3n) is 6.50. The molecule has 10 heteroatoms. The van der Waals surface area contributed by atoms with Gasteiger partial charge in [0.25, 0.3) is 5.91 Å². The molecule has 2 saturated heterocycles. The second kappa shape index (κ2) is 9.93. The molecule has 0 N–H and O–H groups in total. The minimum absolute atomic E-state index is 0.0911. The number of hydrogen-bond donors (Lipinski definition) is 0. The predicted molar refractivity (Wildman–Crippen MR) is 127 cm³/mol. The number of hydrogen-bond acceptors (Lipinski definition) is 5. The fraction of sp³-hybridized carbons (Fsp3) is 0.560. The number of amides is 2. The zero-order chi connectivity index (χ0) is 25.3. The Kier molecular flexibility index (Phi) is 7.12. The highest BCUT2D eigenvalue weighted by Crippen LogP contribution is 2.34. The van der Waals surface area contributed by atoms with Gasteiger partial charge >= 0.3 is 6.09 Å². The first-order valence-corrected chi connectivity index (χ1v) is 12.0. The smallest absolute Gasteiger partial charge is 0.410 e. The first-order valence-electron chi connectivity index (χ1n) is 12.0. The molecule has 1 aromatic carbocycles. The van der Waals surface area contributed by atoms with Gasteiger partial charge in [0, 0.05) is 51.3 Å². The molecule has 2 aromatic rings. The van der Waals surface area contributed by atoms with Crippen LogP contribution in [0.3, 0.4) is 0 Å². The maximum absolute atomic E-state index is 14.7. The number of piperidine rings is 1. The van der Waals surface area contributed by atoms with Gasteiger partial charge in [0.15, 0.2) is 5.82 Å². The Morgan fingerprint density at radius 3 is 2.26 bits per heavy atom. The van der Waals surface area contributed by atoms with Crippen LogP contribution in [-0.4, -0.2) is 88.4 Å². The molecular weight excluding hydrogens is 456 g/mol. The summed E-state index contributed by atoms with van der Waals surface area (Å²) in [7, 11) is 2.01. The topological polar surface area (TPSA) is 70.9 Å². The first kappa shape index (κ1) is 25.1.